The molecule has 1 atom stereocenters. The molecule has 1 aliphatic rings. The maximum absolute atomic E-state index is 13.4. The van der Waals surface area contributed by atoms with Crippen LogP contribution >= 0.6 is 0 Å². The number of rotatable bonds is 11. The fourth-order valence-corrected chi connectivity index (χ4v) is 5.53. The van der Waals surface area contributed by atoms with E-state index < -0.39 is 15.9 Å². The third-order valence-electron chi connectivity index (χ3n) is 5.66. The molecule has 0 aromatic heterocycles. The first-order valence-electron chi connectivity index (χ1n) is 10.7. The van der Waals surface area contributed by atoms with E-state index in [2.05, 4.69) is 25.7 Å². The van der Waals surface area contributed by atoms with Gasteiger partial charge in [0.2, 0.25) is 0 Å². The SMILES string of the molecule is C=CCN1c2cc(OC)c(OC)cc2C(C)=C(C(=O)NC[C@H](CC)CCCC)S1(=O)=O. The largest absolute Gasteiger partial charge is 0.493 e. The molecule has 0 saturated carbocycles. The number of hydrogen-bond acceptors (Lipinski definition) is 5. The Morgan fingerprint density at radius 1 is 1.23 bits per heavy atom. The van der Waals surface area contributed by atoms with Gasteiger partial charge in [-0.15, -0.1) is 6.58 Å². The number of nitrogens with zero attached hydrogens (tertiary/aromatic N) is 1. The Bertz CT molecular complexity index is 953. The number of methoxy groups -OCH3 is 2. The number of amides is 1. The number of hydrogen-bond donors (Lipinski definition) is 1. The standard InChI is InChI=1S/C23H34N2O5S/c1-7-10-11-17(9-3)15-24-23(26)22-16(4)18-13-20(29-5)21(30-6)14-19(18)25(12-8-2)31(22,27)28/h8,13-14,17H,2,7,9-12,15H2,1,3-6H3,(H,24,26)/t17-/m1/s1. The second kappa shape index (κ2) is 10.7. The second-order valence-electron chi connectivity index (χ2n) is 7.63. The molecule has 0 radical (unpaired) electrons. The molecular formula is C23H34N2O5S. The number of carbonyl (C=O) groups excluding carboxylic acids is 1. The van der Waals surface area contributed by atoms with Crippen LogP contribution in [0, 0.1) is 5.92 Å². The van der Waals surface area contributed by atoms with Crippen LogP contribution in [0.2, 0.25) is 0 Å². The Balaban J connectivity index is 2.53. The van der Waals surface area contributed by atoms with Gasteiger partial charge in [0.1, 0.15) is 0 Å². The van der Waals surface area contributed by atoms with Gasteiger partial charge in [0.25, 0.3) is 15.9 Å². The fraction of sp³-hybridized carbons (Fsp3) is 0.522. The smallest absolute Gasteiger partial charge is 0.270 e. The third-order valence-corrected chi connectivity index (χ3v) is 7.59. The van der Waals surface area contributed by atoms with Crippen LogP contribution in [0.25, 0.3) is 5.57 Å². The molecule has 0 saturated heterocycles. The van der Waals surface area contributed by atoms with Gasteiger partial charge in [-0.2, -0.15) is 0 Å². The van der Waals surface area contributed by atoms with Crippen LogP contribution in [0.5, 0.6) is 11.5 Å². The number of carbonyl (C=O) groups is 1. The van der Waals surface area contributed by atoms with Crippen molar-refractivity contribution in [2.24, 2.45) is 5.92 Å². The van der Waals surface area contributed by atoms with Crippen molar-refractivity contribution in [1.82, 2.24) is 5.32 Å². The summed E-state index contributed by atoms with van der Waals surface area (Å²) in [6.07, 6.45) is 5.58. The second-order valence-corrected chi connectivity index (χ2v) is 9.43. The summed E-state index contributed by atoms with van der Waals surface area (Å²) in [7, 11) is -1.07. The average Bonchev–Trinajstić information content (AvgIpc) is 2.75. The molecule has 1 aromatic carbocycles. The van der Waals surface area contributed by atoms with Crippen molar-refractivity contribution in [2.45, 2.75) is 46.5 Å². The van der Waals surface area contributed by atoms with Crippen LogP contribution in [-0.2, 0) is 14.8 Å². The molecular weight excluding hydrogens is 416 g/mol. The number of benzene rings is 1. The van der Waals surface area contributed by atoms with Crippen molar-refractivity contribution < 1.29 is 22.7 Å². The van der Waals surface area contributed by atoms with Gasteiger partial charge in [-0.25, -0.2) is 8.42 Å². The molecule has 2 rings (SSSR count). The summed E-state index contributed by atoms with van der Waals surface area (Å²) >= 11 is 0. The Morgan fingerprint density at radius 3 is 2.42 bits per heavy atom. The number of unbranched alkanes of at least 4 members (excludes halogenated alkanes) is 1. The lowest BCUT2D eigenvalue weighted by Gasteiger charge is -2.32. The molecule has 1 N–H and O–H groups in total. The van der Waals surface area contributed by atoms with E-state index in [0.717, 1.165) is 25.7 Å². The van der Waals surface area contributed by atoms with Crippen LogP contribution in [0.15, 0.2) is 29.7 Å². The number of anilines is 1. The predicted molar refractivity (Wildman–Crippen MR) is 125 cm³/mol. The highest BCUT2D eigenvalue weighted by Crippen LogP contribution is 2.44. The van der Waals surface area contributed by atoms with Crippen LogP contribution in [0.3, 0.4) is 0 Å². The molecule has 1 aliphatic heterocycles. The van der Waals surface area contributed by atoms with Crippen molar-refractivity contribution in [3.63, 3.8) is 0 Å². The van der Waals surface area contributed by atoms with E-state index in [1.165, 1.54) is 24.6 Å². The zero-order valence-electron chi connectivity index (χ0n) is 19.2. The first-order valence-corrected chi connectivity index (χ1v) is 12.1. The van der Waals surface area contributed by atoms with Crippen LogP contribution in [-0.4, -0.2) is 41.6 Å². The minimum absolute atomic E-state index is 0.0307. The minimum atomic E-state index is -4.07. The first kappa shape index (κ1) is 24.8. The normalized spacial score (nSPS) is 15.8. The zero-order valence-corrected chi connectivity index (χ0v) is 20.0. The van der Waals surface area contributed by atoms with Gasteiger partial charge in [0, 0.05) is 18.2 Å². The van der Waals surface area contributed by atoms with Gasteiger partial charge in [-0.3, -0.25) is 9.10 Å². The fourth-order valence-electron chi connectivity index (χ4n) is 3.79. The molecule has 0 bridgehead atoms. The molecule has 0 unspecified atom stereocenters. The summed E-state index contributed by atoms with van der Waals surface area (Å²) < 4.78 is 38.8. The lowest BCUT2D eigenvalue weighted by Crippen LogP contribution is -2.42. The van der Waals surface area contributed by atoms with E-state index in [1.54, 1.807) is 19.1 Å². The number of ether oxygens (including phenoxy) is 2. The number of nitrogens with one attached hydrogen (secondary N) is 1. The van der Waals surface area contributed by atoms with Crippen molar-refractivity contribution in [2.75, 3.05) is 31.6 Å². The molecule has 31 heavy (non-hydrogen) atoms. The number of fused-ring (bicyclic) bond motifs is 1. The molecule has 8 heteroatoms. The Kier molecular flexibility index (Phi) is 8.56. The number of sulfonamides is 1. The van der Waals surface area contributed by atoms with E-state index in [4.69, 9.17) is 9.47 Å². The molecule has 1 heterocycles. The van der Waals surface area contributed by atoms with Gasteiger partial charge in [-0.1, -0.05) is 39.2 Å². The highest BCUT2D eigenvalue weighted by Gasteiger charge is 2.39. The first-order chi connectivity index (χ1) is 14.8. The summed E-state index contributed by atoms with van der Waals surface area (Å²) in [5.41, 5.74) is 1.42. The van der Waals surface area contributed by atoms with E-state index in [0.29, 0.717) is 40.8 Å². The average molecular weight is 451 g/mol. The molecule has 0 spiro atoms. The molecule has 0 fully saturated rings. The minimum Gasteiger partial charge on any atom is -0.493 e. The maximum Gasteiger partial charge on any atom is 0.270 e. The van der Waals surface area contributed by atoms with E-state index >= 15 is 0 Å². The van der Waals surface area contributed by atoms with E-state index in [9.17, 15) is 13.2 Å². The Morgan fingerprint density at radius 2 is 1.87 bits per heavy atom. The van der Waals surface area contributed by atoms with Crippen LogP contribution < -0.4 is 19.1 Å². The van der Waals surface area contributed by atoms with Gasteiger partial charge in [0.05, 0.1) is 26.5 Å². The summed E-state index contributed by atoms with van der Waals surface area (Å²) in [5.74, 6) is 0.607. The highest BCUT2D eigenvalue weighted by atomic mass is 32.2. The van der Waals surface area contributed by atoms with Gasteiger partial charge in [0.15, 0.2) is 16.4 Å². The third kappa shape index (κ3) is 5.06. The van der Waals surface area contributed by atoms with Gasteiger partial charge >= 0.3 is 0 Å². The van der Waals surface area contributed by atoms with Gasteiger partial charge in [-0.05, 0) is 30.9 Å². The summed E-state index contributed by atoms with van der Waals surface area (Å²) in [5, 5.41) is 2.86. The van der Waals surface area contributed by atoms with E-state index in [1.807, 2.05) is 0 Å². The summed E-state index contributed by atoms with van der Waals surface area (Å²) in [6.45, 7) is 10.0. The van der Waals surface area contributed by atoms with Crippen LogP contribution in [0.1, 0.15) is 52.0 Å². The molecule has 7 nitrogen and oxygen atoms in total. The van der Waals surface area contributed by atoms with E-state index in [-0.39, 0.29) is 11.4 Å². The lowest BCUT2D eigenvalue weighted by molar-refractivity contribution is -0.117. The topological polar surface area (TPSA) is 84.9 Å². The highest BCUT2D eigenvalue weighted by molar-refractivity contribution is 7.97. The lowest BCUT2D eigenvalue weighted by atomic mass is 9.99. The van der Waals surface area contributed by atoms with Crippen LogP contribution in [0.4, 0.5) is 5.69 Å². The van der Waals surface area contributed by atoms with Crippen molar-refractivity contribution in [3.05, 3.63) is 35.3 Å². The monoisotopic (exact) mass is 450 g/mol. The molecule has 172 valence electrons. The Hall–Kier alpha value is -2.48. The molecule has 1 amide bonds. The predicted octanol–water partition coefficient (Wildman–Crippen LogP) is 4.10. The summed E-state index contributed by atoms with van der Waals surface area (Å²) in [4.78, 5) is 12.9. The van der Waals surface area contributed by atoms with Crippen molar-refractivity contribution in [3.8, 4) is 11.5 Å². The summed E-state index contributed by atoms with van der Waals surface area (Å²) in [6, 6.07) is 3.32. The van der Waals surface area contributed by atoms with Crippen molar-refractivity contribution in [1.29, 1.82) is 0 Å². The Labute approximate surface area is 186 Å². The zero-order chi connectivity index (χ0) is 23.2. The molecule has 0 aliphatic carbocycles. The molecule has 1 aromatic rings. The number of allylic oxidation sites excluding steroid dienone is 1. The van der Waals surface area contributed by atoms with Gasteiger partial charge < -0.3 is 14.8 Å². The maximum atomic E-state index is 13.4. The quantitative estimate of drug-likeness (QED) is 0.513. The van der Waals surface area contributed by atoms with Crippen molar-refractivity contribution >= 4 is 27.2 Å².